The molecule has 0 bridgehead atoms. The number of fused-ring (bicyclic) bond motifs is 6. The van der Waals surface area contributed by atoms with E-state index in [9.17, 15) is 0 Å². The number of rotatable bonds is 5. The van der Waals surface area contributed by atoms with Gasteiger partial charge in [-0.25, -0.2) is 0 Å². The Kier molecular flexibility index (Phi) is 9.55. The summed E-state index contributed by atoms with van der Waals surface area (Å²) in [7, 11) is -3.41. The topological polar surface area (TPSA) is 9.72 Å². The van der Waals surface area contributed by atoms with E-state index >= 15 is 0 Å². The number of nitrogens with zero attached hydrogens (tertiary/aromatic N) is 3. The summed E-state index contributed by atoms with van der Waals surface area (Å²) in [5.74, 6) is 0. The minimum absolute atomic E-state index is 0.0542. The van der Waals surface area contributed by atoms with Crippen molar-refractivity contribution in [3.63, 3.8) is 0 Å². The van der Waals surface area contributed by atoms with Gasteiger partial charge in [0, 0.05) is 37.7 Å². The maximum absolute atomic E-state index is 2.64. The molecule has 0 N–H and O–H groups in total. The Balaban J connectivity index is 1.34. The van der Waals surface area contributed by atoms with Crippen molar-refractivity contribution in [3.8, 4) is 0 Å². The average molecular weight is 896 g/mol. The lowest BCUT2D eigenvalue weighted by molar-refractivity contribution is 0.590. The minimum atomic E-state index is -1.70. The third-order valence-electron chi connectivity index (χ3n) is 13.7. The molecule has 7 aromatic rings. The summed E-state index contributed by atoms with van der Waals surface area (Å²) in [6.45, 7) is 33.9. The summed E-state index contributed by atoms with van der Waals surface area (Å²) >= 11 is 4.18. The van der Waals surface area contributed by atoms with Gasteiger partial charge in [-0.05, 0) is 108 Å². The van der Waals surface area contributed by atoms with E-state index in [1.165, 1.54) is 88.5 Å². The summed E-state index contributed by atoms with van der Waals surface area (Å²) in [5, 5.41) is 0. The van der Waals surface area contributed by atoms with Crippen molar-refractivity contribution < 1.29 is 0 Å². The Morgan fingerprint density at radius 1 is 0.444 bits per heavy atom. The molecule has 0 saturated heterocycles. The summed E-state index contributed by atoms with van der Waals surface area (Å²) in [6, 6.07) is 47.5. The molecule has 0 atom stereocenters. The highest BCUT2D eigenvalue weighted by atomic mass is 32.1. The summed E-state index contributed by atoms with van der Waals surface area (Å²) in [6.07, 6.45) is 0. The Hall–Kier alpha value is -4.60. The molecule has 0 saturated carbocycles. The highest BCUT2D eigenvalue weighted by Crippen LogP contribution is 2.54. The lowest BCUT2D eigenvalue weighted by Crippen LogP contribution is -2.59. The molecule has 5 aromatic carbocycles. The SMILES string of the molecule is CC(C)(C)c1ccc(N2c3cc([Si](C)(C)C)sc3B3c4sc([Si](C)(C)C)cc4N(c4ccc(C(C)(C)C)cc4)c4cc(N5c6ccccc6C(C)(C)c6ccccc65)cc2c43)cc1. The first-order valence-corrected chi connectivity index (χ1v) is 31.4. The van der Waals surface area contributed by atoms with E-state index in [0.717, 1.165) is 0 Å². The maximum Gasteiger partial charge on any atom is 0.276 e. The van der Waals surface area contributed by atoms with Crippen LogP contribution in [0.2, 0.25) is 39.3 Å². The van der Waals surface area contributed by atoms with Gasteiger partial charge in [0.2, 0.25) is 0 Å². The first-order chi connectivity index (χ1) is 29.5. The van der Waals surface area contributed by atoms with Crippen LogP contribution in [0.3, 0.4) is 0 Å². The van der Waals surface area contributed by atoms with E-state index in [2.05, 4.69) is 253 Å². The summed E-state index contributed by atoms with van der Waals surface area (Å²) in [5.41, 5.74) is 18.1. The molecule has 0 amide bonds. The molecule has 2 aromatic heterocycles. The van der Waals surface area contributed by atoms with E-state index < -0.39 is 16.1 Å². The predicted molar refractivity (Wildman–Crippen MR) is 286 cm³/mol. The van der Waals surface area contributed by atoms with Crippen molar-refractivity contribution in [2.75, 3.05) is 14.7 Å². The fourth-order valence-electron chi connectivity index (χ4n) is 10.1. The van der Waals surface area contributed by atoms with Crippen LogP contribution in [-0.2, 0) is 16.2 Å². The van der Waals surface area contributed by atoms with E-state index in [1.807, 2.05) is 0 Å². The van der Waals surface area contributed by atoms with Crippen LogP contribution in [0, 0.1) is 0 Å². The van der Waals surface area contributed by atoms with Crippen molar-refractivity contribution in [2.45, 2.75) is 111 Å². The summed E-state index contributed by atoms with van der Waals surface area (Å²) in [4.78, 5) is 7.85. The van der Waals surface area contributed by atoms with E-state index in [4.69, 9.17) is 0 Å². The van der Waals surface area contributed by atoms with Crippen LogP contribution in [0.15, 0.2) is 121 Å². The van der Waals surface area contributed by atoms with Crippen LogP contribution < -0.4 is 38.7 Å². The third kappa shape index (κ3) is 6.76. The van der Waals surface area contributed by atoms with Gasteiger partial charge in [-0.1, -0.05) is 155 Å². The Morgan fingerprint density at radius 2 is 0.810 bits per heavy atom. The quantitative estimate of drug-likeness (QED) is 0.159. The lowest BCUT2D eigenvalue weighted by Gasteiger charge is -2.45. The second kappa shape index (κ2) is 14.2. The van der Waals surface area contributed by atoms with Gasteiger partial charge in [-0.3, -0.25) is 0 Å². The zero-order chi connectivity index (χ0) is 44.8. The molecular formula is C55H62BN3S2Si2. The highest BCUT2D eigenvalue weighted by Gasteiger charge is 2.48. The Labute approximate surface area is 387 Å². The number of hydrogen-bond acceptors (Lipinski definition) is 5. The minimum Gasteiger partial charge on any atom is -0.311 e. The molecular weight excluding hydrogens is 834 g/mol. The molecule has 0 aliphatic carbocycles. The average Bonchev–Trinajstić information content (AvgIpc) is 3.87. The molecule has 0 radical (unpaired) electrons. The van der Waals surface area contributed by atoms with Crippen LogP contribution in [0.1, 0.15) is 77.6 Å². The normalized spacial score (nSPS) is 15.5. The smallest absolute Gasteiger partial charge is 0.276 e. The second-order valence-corrected chi connectivity index (χ2v) is 35.8. The lowest BCUT2D eigenvalue weighted by atomic mass is 9.39. The Bertz CT molecular complexity index is 2740. The molecule has 63 heavy (non-hydrogen) atoms. The van der Waals surface area contributed by atoms with E-state index in [1.54, 1.807) is 9.00 Å². The zero-order valence-corrected chi connectivity index (χ0v) is 43.4. The standard InChI is InChI=1S/C55H62BN3S2Si2/c1-53(2,3)35-23-27-37(28-24-35)57-44-31-39(59-42-21-17-15-19-40(42)55(7,8)41-20-16-18-22-43(41)59)32-45-50(44)56(51-46(57)33-48(60-51)62(9,10)11)52-47(34-49(61-52)63(12,13)14)58(45)38-29-25-36(26-30-38)54(4,5)6/h15-34H,1-14H3. The molecule has 0 unspecified atom stereocenters. The second-order valence-electron chi connectivity index (χ2n) is 22.8. The van der Waals surface area contributed by atoms with Gasteiger partial charge >= 0.3 is 0 Å². The fraction of sp³-hybridized carbons (Fsp3) is 0.309. The first-order valence-electron chi connectivity index (χ1n) is 22.8. The zero-order valence-electron chi connectivity index (χ0n) is 39.8. The number of para-hydroxylation sites is 2. The van der Waals surface area contributed by atoms with Gasteiger partial charge in [0.25, 0.3) is 6.71 Å². The molecule has 8 heteroatoms. The molecule has 3 nitrogen and oxygen atoms in total. The van der Waals surface area contributed by atoms with Crippen molar-refractivity contribution in [1.82, 2.24) is 0 Å². The fourth-order valence-corrected chi connectivity index (χ4v) is 16.4. The highest BCUT2D eigenvalue weighted by molar-refractivity contribution is 7.43. The van der Waals surface area contributed by atoms with Crippen molar-refractivity contribution in [1.29, 1.82) is 0 Å². The van der Waals surface area contributed by atoms with Crippen LogP contribution in [0.4, 0.5) is 51.2 Å². The molecule has 0 spiro atoms. The largest absolute Gasteiger partial charge is 0.311 e. The number of benzene rings is 5. The van der Waals surface area contributed by atoms with Crippen LogP contribution in [0.5, 0.6) is 0 Å². The Morgan fingerprint density at radius 3 is 1.17 bits per heavy atom. The van der Waals surface area contributed by atoms with Crippen LogP contribution >= 0.6 is 22.7 Å². The van der Waals surface area contributed by atoms with Crippen molar-refractivity contribution >= 4 is 121 Å². The summed E-state index contributed by atoms with van der Waals surface area (Å²) < 4.78 is 6.08. The van der Waals surface area contributed by atoms with E-state index in [-0.39, 0.29) is 23.0 Å². The van der Waals surface area contributed by atoms with Gasteiger partial charge < -0.3 is 14.7 Å². The first kappa shape index (κ1) is 42.4. The van der Waals surface area contributed by atoms with Crippen molar-refractivity contribution in [3.05, 3.63) is 144 Å². The van der Waals surface area contributed by atoms with Gasteiger partial charge in [-0.2, -0.15) is 22.7 Å². The molecule has 5 heterocycles. The van der Waals surface area contributed by atoms with Crippen molar-refractivity contribution in [2.24, 2.45) is 0 Å². The number of anilines is 9. The van der Waals surface area contributed by atoms with Crippen LogP contribution in [-0.4, -0.2) is 22.9 Å². The molecule has 0 fully saturated rings. The molecule has 3 aliphatic rings. The molecule has 10 rings (SSSR count). The van der Waals surface area contributed by atoms with E-state index in [0.29, 0.717) is 0 Å². The maximum atomic E-state index is 2.64. The number of hydrogen-bond donors (Lipinski definition) is 0. The predicted octanol–water partition coefficient (Wildman–Crippen LogP) is 13.7. The monoisotopic (exact) mass is 895 g/mol. The molecule has 3 aliphatic heterocycles. The van der Waals surface area contributed by atoms with Gasteiger partial charge in [-0.15, -0.1) is 0 Å². The van der Waals surface area contributed by atoms with Gasteiger partial charge in [0.15, 0.2) is 0 Å². The van der Waals surface area contributed by atoms with Gasteiger partial charge in [0.05, 0.1) is 44.6 Å². The third-order valence-corrected chi connectivity index (χ3v) is 23.3. The number of thiophene rings is 2. The van der Waals surface area contributed by atoms with Gasteiger partial charge in [0.1, 0.15) is 0 Å². The van der Waals surface area contributed by atoms with Crippen LogP contribution in [0.25, 0.3) is 0 Å². The molecule has 320 valence electrons.